The maximum Gasteiger partial charge on any atom is 0.250 e. The highest BCUT2D eigenvalue weighted by Crippen LogP contribution is 2.41. The van der Waals surface area contributed by atoms with Crippen LogP contribution in [0.1, 0.15) is 27.7 Å². The van der Waals surface area contributed by atoms with Gasteiger partial charge < -0.3 is 9.80 Å². The SMILES string of the molecule is CCN(CC)c1ccc(N2C(=NC(=O)C(C)C)SC3CS(=O)(=O)CC32)cc1. The molecule has 0 N–H and O–H groups in total. The minimum absolute atomic E-state index is 0.0730. The Kier molecular flexibility index (Phi) is 5.86. The molecule has 0 aliphatic carbocycles. The number of nitrogens with zero attached hydrogens (tertiary/aromatic N) is 3. The third kappa shape index (κ3) is 4.16. The smallest absolute Gasteiger partial charge is 0.250 e. The number of carbonyl (C=O) groups is 1. The van der Waals surface area contributed by atoms with E-state index in [2.05, 4.69) is 23.7 Å². The largest absolute Gasteiger partial charge is 0.372 e. The van der Waals surface area contributed by atoms with E-state index in [1.165, 1.54) is 11.8 Å². The number of fused-ring (bicyclic) bond motifs is 1. The van der Waals surface area contributed by atoms with Crippen LogP contribution in [-0.4, -0.2) is 55.4 Å². The van der Waals surface area contributed by atoms with Crippen LogP contribution < -0.4 is 9.80 Å². The third-order valence-electron chi connectivity index (χ3n) is 5.02. The Morgan fingerprint density at radius 1 is 1.22 bits per heavy atom. The Bertz CT molecular complexity index is 830. The molecular weight excluding hydrogens is 382 g/mol. The van der Waals surface area contributed by atoms with E-state index >= 15 is 0 Å². The number of hydrogen-bond acceptors (Lipinski definition) is 5. The number of anilines is 2. The monoisotopic (exact) mass is 409 g/mol. The van der Waals surface area contributed by atoms with Crippen molar-refractivity contribution in [1.29, 1.82) is 0 Å². The van der Waals surface area contributed by atoms with Crippen molar-refractivity contribution in [3.63, 3.8) is 0 Å². The van der Waals surface area contributed by atoms with E-state index in [0.29, 0.717) is 5.17 Å². The van der Waals surface area contributed by atoms with Gasteiger partial charge in [-0.1, -0.05) is 25.6 Å². The molecule has 0 saturated carbocycles. The van der Waals surface area contributed by atoms with Gasteiger partial charge >= 0.3 is 0 Å². The lowest BCUT2D eigenvalue weighted by molar-refractivity contribution is -0.120. The Morgan fingerprint density at radius 2 is 1.85 bits per heavy atom. The fraction of sp³-hybridized carbons (Fsp3) is 0.579. The minimum Gasteiger partial charge on any atom is -0.372 e. The Balaban J connectivity index is 1.96. The lowest BCUT2D eigenvalue weighted by atomic mass is 10.2. The normalized spacial score (nSPS) is 25.2. The Morgan fingerprint density at radius 3 is 2.41 bits per heavy atom. The first-order valence-electron chi connectivity index (χ1n) is 9.39. The van der Waals surface area contributed by atoms with E-state index in [4.69, 9.17) is 0 Å². The number of amidine groups is 1. The molecule has 0 bridgehead atoms. The number of hydrogen-bond donors (Lipinski definition) is 0. The second-order valence-electron chi connectivity index (χ2n) is 7.25. The van der Waals surface area contributed by atoms with Crippen molar-refractivity contribution in [2.45, 2.75) is 39.0 Å². The highest BCUT2D eigenvalue weighted by molar-refractivity contribution is 8.16. The molecule has 2 aliphatic rings. The van der Waals surface area contributed by atoms with Crippen LogP contribution in [0.4, 0.5) is 11.4 Å². The van der Waals surface area contributed by atoms with Crippen molar-refractivity contribution in [3.8, 4) is 0 Å². The molecule has 8 heteroatoms. The Hall–Kier alpha value is -1.54. The van der Waals surface area contributed by atoms with Gasteiger partial charge in [0, 0.05) is 35.6 Å². The van der Waals surface area contributed by atoms with Gasteiger partial charge in [0.15, 0.2) is 15.0 Å². The summed E-state index contributed by atoms with van der Waals surface area (Å²) in [5.41, 5.74) is 2.02. The van der Waals surface area contributed by atoms with E-state index in [9.17, 15) is 13.2 Å². The lowest BCUT2D eigenvalue weighted by Gasteiger charge is -2.26. The molecule has 1 amide bonds. The second-order valence-corrected chi connectivity index (χ2v) is 10.6. The van der Waals surface area contributed by atoms with Crippen molar-refractivity contribution >= 4 is 44.0 Å². The van der Waals surface area contributed by atoms with Crippen molar-refractivity contribution in [1.82, 2.24) is 0 Å². The topological polar surface area (TPSA) is 70.0 Å². The van der Waals surface area contributed by atoms with E-state index in [1.807, 2.05) is 43.0 Å². The summed E-state index contributed by atoms with van der Waals surface area (Å²) in [6, 6.07) is 7.92. The van der Waals surface area contributed by atoms with Crippen molar-refractivity contribution in [2.75, 3.05) is 34.4 Å². The molecule has 0 radical (unpaired) electrons. The number of aliphatic imine (C=N–C) groups is 1. The first-order chi connectivity index (χ1) is 12.8. The van der Waals surface area contributed by atoms with Gasteiger partial charge in [0.1, 0.15) is 0 Å². The van der Waals surface area contributed by atoms with Gasteiger partial charge in [-0.2, -0.15) is 4.99 Å². The number of carbonyl (C=O) groups excluding carboxylic acids is 1. The molecule has 6 nitrogen and oxygen atoms in total. The molecule has 27 heavy (non-hydrogen) atoms. The van der Waals surface area contributed by atoms with Crippen LogP contribution >= 0.6 is 11.8 Å². The van der Waals surface area contributed by atoms with Crippen LogP contribution in [0.3, 0.4) is 0 Å². The number of amides is 1. The molecule has 2 heterocycles. The number of thioether (sulfide) groups is 1. The summed E-state index contributed by atoms with van der Waals surface area (Å²) in [4.78, 5) is 20.7. The first kappa shape index (κ1) is 20.2. The highest BCUT2D eigenvalue weighted by Gasteiger charge is 2.49. The summed E-state index contributed by atoms with van der Waals surface area (Å²) in [5, 5.41) is 0.547. The second kappa shape index (κ2) is 7.83. The summed E-state index contributed by atoms with van der Waals surface area (Å²) in [5.74, 6) is -0.109. The van der Waals surface area contributed by atoms with Gasteiger partial charge in [-0.3, -0.25) is 4.79 Å². The minimum atomic E-state index is -3.05. The molecule has 2 atom stereocenters. The predicted octanol–water partition coefficient (Wildman–Crippen LogP) is 2.79. The van der Waals surface area contributed by atoms with Gasteiger partial charge in [0.05, 0.1) is 17.5 Å². The zero-order valence-electron chi connectivity index (χ0n) is 16.3. The van der Waals surface area contributed by atoms with Gasteiger partial charge in [0.2, 0.25) is 0 Å². The maximum atomic E-state index is 12.2. The predicted molar refractivity (Wildman–Crippen MR) is 114 cm³/mol. The molecule has 2 fully saturated rings. The van der Waals surface area contributed by atoms with Crippen LogP contribution in [0.5, 0.6) is 0 Å². The van der Waals surface area contributed by atoms with Gasteiger partial charge in [0.25, 0.3) is 5.91 Å². The van der Waals surface area contributed by atoms with E-state index in [-0.39, 0.29) is 34.6 Å². The maximum absolute atomic E-state index is 12.2. The van der Waals surface area contributed by atoms with Crippen LogP contribution in [-0.2, 0) is 14.6 Å². The quantitative estimate of drug-likeness (QED) is 0.745. The number of rotatable bonds is 5. The molecule has 1 aromatic carbocycles. The molecule has 3 rings (SSSR count). The van der Waals surface area contributed by atoms with Crippen LogP contribution in [0.15, 0.2) is 29.3 Å². The fourth-order valence-electron chi connectivity index (χ4n) is 3.50. The summed E-state index contributed by atoms with van der Waals surface area (Å²) >= 11 is 1.42. The van der Waals surface area contributed by atoms with Crippen LogP contribution in [0.25, 0.3) is 0 Å². The van der Waals surface area contributed by atoms with E-state index in [1.54, 1.807) is 0 Å². The van der Waals surface area contributed by atoms with Crippen molar-refractivity contribution < 1.29 is 13.2 Å². The average molecular weight is 410 g/mol. The molecule has 2 unspecified atom stereocenters. The fourth-order valence-corrected chi connectivity index (χ4v) is 7.42. The molecule has 0 spiro atoms. The molecule has 2 aliphatic heterocycles. The van der Waals surface area contributed by atoms with E-state index < -0.39 is 9.84 Å². The van der Waals surface area contributed by atoms with Crippen LogP contribution in [0, 0.1) is 5.92 Å². The van der Waals surface area contributed by atoms with E-state index in [0.717, 1.165) is 24.5 Å². The average Bonchev–Trinajstić information content (AvgIpc) is 3.07. The lowest BCUT2D eigenvalue weighted by Crippen LogP contribution is -2.37. The van der Waals surface area contributed by atoms with Crippen molar-refractivity contribution in [3.05, 3.63) is 24.3 Å². The third-order valence-corrected chi connectivity index (χ3v) is 8.23. The summed E-state index contributed by atoms with van der Waals surface area (Å²) in [6.45, 7) is 9.72. The summed E-state index contributed by atoms with van der Waals surface area (Å²) in [7, 11) is -3.05. The van der Waals surface area contributed by atoms with Gasteiger partial charge in [-0.25, -0.2) is 8.42 Å². The molecule has 1 aromatic rings. The first-order valence-corrected chi connectivity index (χ1v) is 12.1. The molecular formula is C19H27N3O3S2. The van der Waals surface area contributed by atoms with Gasteiger partial charge in [-0.15, -0.1) is 0 Å². The molecule has 0 aromatic heterocycles. The van der Waals surface area contributed by atoms with Crippen molar-refractivity contribution in [2.24, 2.45) is 10.9 Å². The number of sulfone groups is 1. The highest BCUT2D eigenvalue weighted by atomic mass is 32.2. The zero-order valence-corrected chi connectivity index (χ0v) is 17.9. The molecule has 148 valence electrons. The standard InChI is InChI=1S/C19H27N3O3S2/c1-5-21(6-2)14-7-9-15(10-8-14)22-16-11-27(24,25)12-17(16)26-19(22)20-18(23)13(3)4/h7-10,13,16-17H,5-6,11-12H2,1-4H3. The summed E-state index contributed by atoms with van der Waals surface area (Å²) < 4.78 is 24.3. The molecule has 2 saturated heterocycles. The Labute approximate surface area is 165 Å². The number of benzene rings is 1. The zero-order chi connectivity index (χ0) is 19.8. The van der Waals surface area contributed by atoms with Gasteiger partial charge in [-0.05, 0) is 38.1 Å². The summed E-state index contributed by atoms with van der Waals surface area (Å²) in [6.07, 6.45) is 0. The van der Waals surface area contributed by atoms with Crippen LogP contribution in [0.2, 0.25) is 0 Å².